The van der Waals surface area contributed by atoms with Gasteiger partial charge in [0.15, 0.2) is 6.10 Å². The molecule has 0 bridgehead atoms. The molecule has 2 aromatic heterocycles. The first-order valence-corrected chi connectivity index (χ1v) is 10.9. The predicted molar refractivity (Wildman–Crippen MR) is 117 cm³/mol. The highest BCUT2D eigenvalue weighted by Gasteiger charge is 2.49. The van der Waals surface area contributed by atoms with Crippen LogP contribution < -0.4 is 10.6 Å². The van der Waals surface area contributed by atoms with Crippen LogP contribution >= 0.6 is 11.3 Å². The zero-order valence-electron chi connectivity index (χ0n) is 16.8. The van der Waals surface area contributed by atoms with E-state index in [0.717, 1.165) is 10.6 Å². The molecule has 0 spiro atoms. The van der Waals surface area contributed by atoms with Gasteiger partial charge in [0.05, 0.1) is 41.5 Å². The van der Waals surface area contributed by atoms with Crippen molar-refractivity contribution in [3.63, 3.8) is 0 Å². The molecule has 4 unspecified atom stereocenters. The summed E-state index contributed by atoms with van der Waals surface area (Å²) in [5.41, 5.74) is 1.78. The van der Waals surface area contributed by atoms with Crippen molar-refractivity contribution in [3.05, 3.63) is 59.6 Å². The topological polar surface area (TPSA) is 118 Å². The van der Waals surface area contributed by atoms with Crippen molar-refractivity contribution in [2.45, 2.75) is 24.4 Å². The molecular weight excluding hydrogens is 430 g/mol. The van der Waals surface area contributed by atoms with Gasteiger partial charge in [-0.1, -0.05) is 12.1 Å². The number of anilines is 2. The van der Waals surface area contributed by atoms with Crippen molar-refractivity contribution < 1.29 is 19.0 Å². The molecule has 2 saturated heterocycles. The van der Waals surface area contributed by atoms with Crippen molar-refractivity contribution in [2.75, 3.05) is 23.8 Å². The number of nitrogens with one attached hydrogen (secondary N) is 2. The second-order valence-corrected chi connectivity index (χ2v) is 8.30. The molecule has 4 heterocycles. The average molecular weight is 449 g/mol. The maximum atomic E-state index is 12.3. The van der Waals surface area contributed by atoms with Gasteiger partial charge in [-0.2, -0.15) is 5.26 Å². The minimum Gasteiger partial charge on any atom is -0.441 e. The molecule has 1 aromatic carbocycles. The van der Waals surface area contributed by atoms with Crippen molar-refractivity contribution in [1.82, 2.24) is 9.97 Å². The number of aromatic nitrogens is 2. The Balaban J connectivity index is 1.19. The second-order valence-electron chi connectivity index (χ2n) is 7.35. The molecule has 2 fully saturated rings. The van der Waals surface area contributed by atoms with Crippen LogP contribution in [0.15, 0.2) is 54.0 Å². The second kappa shape index (κ2) is 8.92. The third-order valence-corrected chi connectivity index (χ3v) is 6.14. The lowest BCUT2D eigenvalue weighted by Crippen LogP contribution is -2.38. The fourth-order valence-electron chi connectivity index (χ4n) is 3.80. The summed E-state index contributed by atoms with van der Waals surface area (Å²) in [6, 6.07) is 14.3. The van der Waals surface area contributed by atoms with E-state index in [4.69, 9.17) is 19.5 Å². The van der Waals surface area contributed by atoms with Crippen LogP contribution in [0.2, 0.25) is 0 Å². The molecule has 9 nitrogen and oxygen atoms in total. The number of thiophene rings is 1. The minimum atomic E-state index is -0.624. The molecular formula is C22H19N5O4S. The Morgan fingerprint density at radius 1 is 1.19 bits per heavy atom. The molecule has 0 saturated carbocycles. The van der Waals surface area contributed by atoms with Gasteiger partial charge in [-0.05, 0) is 35.7 Å². The maximum Gasteiger partial charge on any atom is 0.412 e. The van der Waals surface area contributed by atoms with E-state index in [-0.39, 0.29) is 24.9 Å². The van der Waals surface area contributed by atoms with Gasteiger partial charge in [-0.25, -0.2) is 14.8 Å². The Hall–Kier alpha value is -3.52. The van der Waals surface area contributed by atoms with Gasteiger partial charge in [-0.15, -0.1) is 11.3 Å². The predicted octanol–water partition coefficient (Wildman–Crippen LogP) is 3.27. The molecule has 10 heteroatoms. The van der Waals surface area contributed by atoms with Gasteiger partial charge in [-0.3, -0.25) is 5.32 Å². The van der Waals surface area contributed by atoms with Crippen molar-refractivity contribution in [3.8, 4) is 16.6 Å². The Morgan fingerprint density at radius 3 is 2.94 bits per heavy atom. The average Bonchev–Trinajstić information content (AvgIpc) is 3.55. The summed E-state index contributed by atoms with van der Waals surface area (Å²) in [7, 11) is 0. The van der Waals surface area contributed by atoms with Crippen LogP contribution in [0.1, 0.15) is 5.56 Å². The Morgan fingerprint density at radius 2 is 2.09 bits per heavy atom. The van der Waals surface area contributed by atoms with E-state index >= 15 is 0 Å². The van der Waals surface area contributed by atoms with Crippen LogP contribution in [0.5, 0.6) is 0 Å². The lowest BCUT2D eigenvalue weighted by atomic mass is 10.1. The number of benzene rings is 1. The van der Waals surface area contributed by atoms with Crippen LogP contribution in [0.3, 0.4) is 0 Å². The van der Waals surface area contributed by atoms with Crippen molar-refractivity contribution in [2.24, 2.45) is 0 Å². The SMILES string of the molecule is N#Cc1cccc(NC(=O)OC2COC3C(Nc4nccc(-c5cccs5)n4)COC23)c1. The summed E-state index contributed by atoms with van der Waals surface area (Å²) < 4.78 is 17.3. The fraction of sp³-hybridized carbons (Fsp3) is 0.273. The van der Waals surface area contributed by atoms with E-state index < -0.39 is 12.2 Å². The highest BCUT2D eigenvalue weighted by molar-refractivity contribution is 7.13. The van der Waals surface area contributed by atoms with E-state index in [1.165, 1.54) is 0 Å². The number of ether oxygens (including phenoxy) is 3. The molecule has 0 radical (unpaired) electrons. The first-order valence-electron chi connectivity index (χ1n) is 10.0. The van der Waals surface area contributed by atoms with Crippen molar-refractivity contribution in [1.29, 1.82) is 5.26 Å². The zero-order chi connectivity index (χ0) is 21.9. The molecule has 5 rings (SSSR count). The number of nitriles is 1. The van der Waals surface area contributed by atoms with Crippen LogP contribution in [0.4, 0.5) is 16.4 Å². The number of carbonyl (C=O) groups excluding carboxylic acids is 1. The highest BCUT2D eigenvalue weighted by atomic mass is 32.1. The standard InChI is InChI=1S/C22H19N5O4S/c23-10-13-3-1-4-14(9-13)25-22(28)31-17-12-30-19-16(11-29-20(17)19)27-21-24-7-6-15(26-21)18-5-2-8-32-18/h1-9,16-17,19-20H,11-12H2,(H,25,28)(H,24,26,27). The minimum absolute atomic E-state index is 0.164. The number of hydrogen-bond donors (Lipinski definition) is 2. The number of carbonyl (C=O) groups is 1. The van der Waals surface area contributed by atoms with Gasteiger partial charge in [0.2, 0.25) is 5.95 Å². The summed E-state index contributed by atoms with van der Waals surface area (Å²) in [5.74, 6) is 0.494. The van der Waals surface area contributed by atoms with Crippen molar-refractivity contribution >= 4 is 29.1 Å². The largest absolute Gasteiger partial charge is 0.441 e. The molecule has 2 aliphatic rings. The number of nitrogens with zero attached hydrogens (tertiary/aromatic N) is 3. The van der Waals surface area contributed by atoms with Gasteiger partial charge in [0, 0.05) is 11.9 Å². The molecule has 2 aliphatic heterocycles. The first kappa shape index (κ1) is 20.4. The Bertz CT molecular complexity index is 1150. The molecule has 4 atom stereocenters. The van der Waals surface area contributed by atoms with E-state index in [0.29, 0.717) is 23.8 Å². The molecule has 1 amide bonds. The highest BCUT2D eigenvalue weighted by Crippen LogP contribution is 2.31. The normalized spacial score (nSPS) is 23.8. The van der Waals surface area contributed by atoms with E-state index in [1.54, 1.807) is 41.8 Å². The summed E-state index contributed by atoms with van der Waals surface area (Å²) in [5, 5.41) is 16.9. The van der Waals surface area contributed by atoms with Gasteiger partial charge in [0.1, 0.15) is 12.2 Å². The molecule has 2 N–H and O–H groups in total. The lowest BCUT2D eigenvalue weighted by molar-refractivity contribution is 0.00917. The summed E-state index contributed by atoms with van der Waals surface area (Å²) >= 11 is 1.61. The third kappa shape index (κ3) is 4.27. The van der Waals surface area contributed by atoms with Gasteiger partial charge >= 0.3 is 6.09 Å². The summed E-state index contributed by atoms with van der Waals surface area (Å²) in [6.45, 7) is 0.614. The monoisotopic (exact) mass is 449 g/mol. The molecule has 32 heavy (non-hydrogen) atoms. The van der Waals surface area contributed by atoms with Crippen LogP contribution in [-0.4, -0.2) is 53.6 Å². The number of fused-ring (bicyclic) bond motifs is 1. The molecule has 0 aliphatic carbocycles. The Kier molecular flexibility index (Phi) is 5.68. The van der Waals surface area contributed by atoms with E-state index in [1.807, 2.05) is 29.6 Å². The number of hydrogen-bond acceptors (Lipinski definition) is 9. The quantitative estimate of drug-likeness (QED) is 0.609. The van der Waals surface area contributed by atoms with Crippen LogP contribution in [0.25, 0.3) is 10.6 Å². The summed E-state index contributed by atoms with van der Waals surface area (Å²) in [4.78, 5) is 22.3. The van der Waals surface area contributed by atoms with Crippen LogP contribution in [0, 0.1) is 11.3 Å². The smallest absolute Gasteiger partial charge is 0.412 e. The third-order valence-electron chi connectivity index (χ3n) is 5.25. The van der Waals surface area contributed by atoms with Gasteiger partial charge in [0.25, 0.3) is 0 Å². The molecule has 162 valence electrons. The molecule has 3 aromatic rings. The fourth-order valence-corrected chi connectivity index (χ4v) is 4.49. The first-order chi connectivity index (χ1) is 15.7. The Labute approximate surface area is 188 Å². The number of rotatable bonds is 5. The number of amides is 1. The zero-order valence-corrected chi connectivity index (χ0v) is 17.6. The van der Waals surface area contributed by atoms with E-state index in [9.17, 15) is 4.79 Å². The lowest BCUT2D eigenvalue weighted by Gasteiger charge is -2.18. The maximum absolute atomic E-state index is 12.3. The van der Waals surface area contributed by atoms with Crippen LogP contribution in [-0.2, 0) is 14.2 Å². The summed E-state index contributed by atoms with van der Waals surface area (Å²) in [6.07, 6.45) is -0.122. The van der Waals surface area contributed by atoms with E-state index in [2.05, 4.69) is 20.6 Å². The van der Waals surface area contributed by atoms with Gasteiger partial charge < -0.3 is 19.5 Å².